The molecule has 0 spiro atoms. The highest BCUT2D eigenvalue weighted by molar-refractivity contribution is 5.93. The molecule has 23 heavy (non-hydrogen) atoms. The molecule has 0 saturated carbocycles. The number of likely N-dealkylation sites (N-methyl/N-ethyl adjacent to an activating group) is 1. The summed E-state index contributed by atoms with van der Waals surface area (Å²) in [5.41, 5.74) is 5.64. The van der Waals surface area contributed by atoms with Gasteiger partial charge in [0.2, 0.25) is 0 Å². The molecule has 122 valence electrons. The number of quaternary nitrogens is 1. The van der Waals surface area contributed by atoms with Gasteiger partial charge in [0.1, 0.15) is 6.54 Å². The second kappa shape index (κ2) is 6.97. The van der Waals surface area contributed by atoms with Crippen LogP contribution in [0, 0.1) is 20.8 Å². The van der Waals surface area contributed by atoms with Crippen molar-refractivity contribution in [1.29, 1.82) is 0 Å². The fraction of sp³-hybridized carbons (Fsp3) is 0.350. The maximum absolute atomic E-state index is 12.5. The summed E-state index contributed by atoms with van der Waals surface area (Å²) in [6.07, 6.45) is 0. The Kier molecular flexibility index (Phi) is 5.22. The van der Waals surface area contributed by atoms with Gasteiger partial charge in [0, 0.05) is 11.3 Å². The standard InChI is InChI=1S/C20H26N2O/c1-15-11-16(2)20(17(3)12-15)21-19(23)14-22(4,5)13-18-9-7-6-8-10-18/h6-12H,13-14H2,1-5H3/p+1. The monoisotopic (exact) mass is 311 g/mol. The molecule has 0 unspecified atom stereocenters. The molecule has 0 aliphatic heterocycles. The van der Waals surface area contributed by atoms with Crippen molar-refractivity contribution < 1.29 is 9.28 Å². The Bertz CT molecular complexity index is 667. The molecule has 2 rings (SSSR count). The van der Waals surface area contributed by atoms with Crippen LogP contribution < -0.4 is 5.32 Å². The number of hydrogen-bond acceptors (Lipinski definition) is 1. The zero-order valence-corrected chi connectivity index (χ0v) is 14.8. The molecule has 0 radical (unpaired) electrons. The van der Waals surface area contributed by atoms with E-state index in [4.69, 9.17) is 0 Å². The number of rotatable bonds is 5. The van der Waals surface area contributed by atoms with Crippen molar-refractivity contribution in [3.63, 3.8) is 0 Å². The van der Waals surface area contributed by atoms with Gasteiger partial charge in [-0.05, 0) is 31.9 Å². The summed E-state index contributed by atoms with van der Waals surface area (Å²) >= 11 is 0. The van der Waals surface area contributed by atoms with Gasteiger partial charge >= 0.3 is 0 Å². The number of anilines is 1. The van der Waals surface area contributed by atoms with Crippen LogP contribution in [-0.4, -0.2) is 31.0 Å². The number of nitrogens with zero attached hydrogens (tertiary/aromatic N) is 1. The smallest absolute Gasteiger partial charge is 0.279 e. The summed E-state index contributed by atoms with van der Waals surface area (Å²) in [7, 11) is 4.17. The number of hydrogen-bond donors (Lipinski definition) is 1. The Balaban J connectivity index is 2.04. The Morgan fingerprint density at radius 3 is 2.13 bits per heavy atom. The molecule has 0 fully saturated rings. The Morgan fingerprint density at radius 2 is 1.57 bits per heavy atom. The van der Waals surface area contributed by atoms with Crippen LogP contribution in [0.2, 0.25) is 0 Å². The Labute approximate surface area is 139 Å². The topological polar surface area (TPSA) is 29.1 Å². The van der Waals surface area contributed by atoms with E-state index in [0.717, 1.165) is 23.4 Å². The second-order valence-electron chi connectivity index (χ2n) is 7.06. The van der Waals surface area contributed by atoms with E-state index in [-0.39, 0.29) is 5.91 Å². The van der Waals surface area contributed by atoms with E-state index in [1.54, 1.807) is 0 Å². The van der Waals surface area contributed by atoms with Crippen molar-refractivity contribution in [1.82, 2.24) is 0 Å². The molecule has 0 atom stereocenters. The molecule has 2 aromatic rings. The van der Waals surface area contributed by atoms with Gasteiger partial charge in [-0.3, -0.25) is 4.79 Å². The van der Waals surface area contributed by atoms with Crippen molar-refractivity contribution >= 4 is 11.6 Å². The largest absolute Gasteiger partial charge is 0.321 e. The second-order valence-corrected chi connectivity index (χ2v) is 7.06. The summed E-state index contributed by atoms with van der Waals surface area (Å²) in [4.78, 5) is 12.5. The maximum atomic E-state index is 12.5. The van der Waals surface area contributed by atoms with Crippen LogP contribution in [0.5, 0.6) is 0 Å². The molecule has 0 aliphatic rings. The van der Waals surface area contributed by atoms with E-state index in [0.29, 0.717) is 11.0 Å². The van der Waals surface area contributed by atoms with Crippen LogP contribution in [0.25, 0.3) is 0 Å². The van der Waals surface area contributed by atoms with E-state index >= 15 is 0 Å². The van der Waals surface area contributed by atoms with E-state index in [1.165, 1.54) is 11.1 Å². The first-order valence-corrected chi connectivity index (χ1v) is 8.00. The number of carbonyl (C=O) groups excluding carboxylic acids is 1. The van der Waals surface area contributed by atoms with Crippen LogP contribution in [0.1, 0.15) is 22.3 Å². The van der Waals surface area contributed by atoms with Crippen molar-refractivity contribution in [3.8, 4) is 0 Å². The van der Waals surface area contributed by atoms with Gasteiger partial charge in [0.05, 0.1) is 14.1 Å². The lowest BCUT2D eigenvalue weighted by molar-refractivity contribution is -0.895. The molecule has 0 aliphatic carbocycles. The molecule has 2 aromatic carbocycles. The van der Waals surface area contributed by atoms with Crippen LogP contribution >= 0.6 is 0 Å². The van der Waals surface area contributed by atoms with Gasteiger partial charge in [0.25, 0.3) is 5.91 Å². The Morgan fingerprint density at radius 1 is 1.00 bits per heavy atom. The molecule has 0 heterocycles. The zero-order valence-electron chi connectivity index (χ0n) is 14.8. The normalized spacial score (nSPS) is 11.3. The van der Waals surface area contributed by atoms with Gasteiger partial charge < -0.3 is 9.80 Å². The van der Waals surface area contributed by atoms with Crippen LogP contribution in [0.15, 0.2) is 42.5 Å². The molecular weight excluding hydrogens is 284 g/mol. The summed E-state index contributed by atoms with van der Waals surface area (Å²) in [5, 5.41) is 3.09. The van der Waals surface area contributed by atoms with Crippen molar-refractivity contribution in [2.75, 3.05) is 26.0 Å². The van der Waals surface area contributed by atoms with Crippen LogP contribution in [0.3, 0.4) is 0 Å². The lowest BCUT2D eigenvalue weighted by Gasteiger charge is -2.29. The van der Waals surface area contributed by atoms with Gasteiger partial charge in [-0.15, -0.1) is 0 Å². The lowest BCUT2D eigenvalue weighted by Crippen LogP contribution is -2.44. The molecule has 3 nitrogen and oxygen atoms in total. The summed E-state index contributed by atoms with van der Waals surface area (Å²) in [6.45, 7) is 7.44. The predicted octanol–water partition coefficient (Wildman–Crippen LogP) is 3.83. The third kappa shape index (κ3) is 4.93. The van der Waals surface area contributed by atoms with Gasteiger partial charge in [-0.1, -0.05) is 48.0 Å². The fourth-order valence-corrected chi connectivity index (χ4v) is 3.08. The molecule has 0 bridgehead atoms. The zero-order chi connectivity index (χ0) is 17.0. The first kappa shape index (κ1) is 17.2. The first-order valence-electron chi connectivity index (χ1n) is 8.00. The summed E-state index contributed by atoms with van der Waals surface area (Å²) in [5.74, 6) is 0.0565. The highest BCUT2D eigenvalue weighted by Crippen LogP contribution is 2.22. The van der Waals surface area contributed by atoms with E-state index in [2.05, 4.69) is 50.6 Å². The minimum atomic E-state index is 0.0565. The van der Waals surface area contributed by atoms with Gasteiger partial charge in [-0.25, -0.2) is 0 Å². The lowest BCUT2D eigenvalue weighted by atomic mass is 10.1. The number of amides is 1. The Hall–Kier alpha value is -2.13. The maximum Gasteiger partial charge on any atom is 0.279 e. The predicted molar refractivity (Wildman–Crippen MR) is 96.4 cm³/mol. The van der Waals surface area contributed by atoms with Crippen LogP contribution in [-0.2, 0) is 11.3 Å². The number of benzene rings is 2. The SMILES string of the molecule is Cc1cc(C)c(NC(=O)C[N+](C)(C)Cc2ccccc2)c(C)c1. The fourth-order valence-electron chi connectivity index (χ4n) is 3.08. The van der Waals surface area contributed by atoms with Gasteiger partial charge in [0.15, 0.2) is 6.54 Å². The molecule has 0 saturated heterocycles. The highest BCUT2D eigenvalue weighted by atomic mass is 16.2. The number of aryl methyl sites for hydroxylation is 3. The van der Waals surface area contributed by atoms with Crippen LogP contribution in [0.4, 0.5) is 5.69 Å². The minimum absolute atomic E-state index is 0.0565. The molecule has 3 heteroatoms. The average molecular weight is 311 g/mol. The van der Waals surface area contributed by atoms with E-state index < -0.39 is 0 Å². The number of carbonyl (C=O) groups is 1. The summed E-state index contributed by atoms with van der Waals surface area (Å²) in [6, 6.07) is 14.5. The van der Waals surface area contributed by atoms with Gasteiger partial charge in [-0.2, -0.15) is 0 Å². The molecular formula is C20H27N2O+. The molecule has 0 aromatic heterocycles. The molecule has 1 N–H and O–H groups in total. The quantitative estimate of drug-likeness (QED) is 0.836. The molecule has 1 amide bonds. The average Bonchev–Trinajstić information content (AvgIpc) is 2.42. The third-order valence-electron chi connectivity index (χ3n) is 3.97. The van der Waals surface area contributed by atoms with E-state index in [9.17, 15) is 4.79 Å². The number of nitrogens with one attached hydrogen (secondary N) is 1. The van der Waals surface area contributed by atoms with Crippen molar-refractivity contribution in [3.05, 3.63) is 64.7 Å². The first-order chi connectivity index (χ1) is 10.8. The van der Waals surface area contributed by atoms with Crippen molar-refractivity contribution in [2.45, 2.75) is 27.3 Å². The van der Waals surface area contributed by atoms with E-state index in [1.807, 2.05) is 32.0 Å². The summed E-state index contributed by atoms with van der Waals surface area (Å²) < 4.78 is 0.625. The minimum Gasteiger partial charge on any atom is -0.321 e. The highest BCUT2D eigenvalue weighted by Gasteiger charge is 2.21. The third-order valence-corrected chi connectivity index (χ3v) is 3.97. The van der Waals surface area contributed by atoms with Crippen molar-refractivity contribution in [2.24, 2.45) is 0 Å².